The molecule has 4 rings (SSSR count). The van der Waals surface area contributed by atoms with E-state index in [4.69, 9.17) is 5.10 Å². The number of carbonyl (C=O) groups excluding carboxylic acids is 1. The van der Waals surface area contributed by atoms with E-state index in [-0.39, 0.29) is 0 Å². The number of rotatable bonds is 8. The van der Waals surface area contributed by atoms with E-state index in [0.717, 1.165) is 61.5 Å². The normalized spacial score (nSPS) is 14.0. The number of likely N-dealkylation sites (tertiary alicyclic amines) is 1. The van der Waals surface area contributed by atoms with Crippen LogP contribution in [-0.2, 0) is 11.3 Å². The molecule has 1 saturated heterocycles. The molecule has 0 atom stereocenters. The zero-order valence-corrected chi connectivity index (χ0v) is 15.9. The van der Waals surface area contributed by atoms with Crippen molar-refractivity contribution in [2.45, 2.75) is 25.8 Å². The molecule has 0 aliphatic carbocycles. The summed E-state index contributed by atoms with van der Waals surface area (Å²) in [4.78, 5) is 17.9. The average Bonchev–Trinajstić information content (AvgIpc) is 3.35. The maximum absolute atomic E-state index is 11.7. The molecule has 1 aromatic carbocycles. The second kappa shape index (κ2) is 8.80. The molecule has 3 aromatic rings. The predicted octanol–water partition coefficient (Wildman–Crippen LogP) is 3.04. The van der Waals surface area contributed by atoms with Crippen LogP contribution >= 0.6 is 0 Å². The number of nitrogens with zero attached hydrogens (tertiary/aromatic N) is 4. The van der Waals surface area contributed by atoms with Gasteiger partial charge in [-0.25, -0.2) is 4.68 Å². The van der Waals surface area contributed by atoms with Crippen LogP contribution in [0.4, 0.5) is 0 Å². The first kappa shape index (κ1) is 18.4. The van der Waals surface area contributed by atoms with Crippen LogP contribution in [0.1, 0.15) is 24.8 Å². The SMILES string of the molecule is O=C1CCCN1CCCNCc1cn(-c2ccccc2)nc1-c1cccnc1. The molecule has 0 saturated carbocycles. The summed E-state index contributed by atoms with van der Waals surface area (Å²) in [6.07, 6.45) is 8.37. The van der Waals surface area contributed by atoms with Crippen molar-refractivity contribution in [3.05, 3.63) is 66.6 Å². The molecule has 6 nitrogen and oxygen atoms in total. The fraction of sp³-hybridized carbons (Fsp3) is 0.318. The molecule has 144 valence electrons. The third-order valence-electron chi connectivity index (χ3n) is 5.01. The van der Waals surface area contributed by atoms with Gasteiger partial charge in [0, 0.05) is 55.8 Å². The number of benzene rings is 1. The van der Waals surface area contributed by atoms with Crippen molar-refractivity contribution in [2.24, 2.45) is 0 Å². The van der Waals surface area contributed by atoms with E-state index in [2.05, 4.69) is 16.5 Å². The molecule has 1 aliphatic rings. The topological polar surface area (TPSA) is 63.1 Å². The molecule has 1 N–H and O–H groups in total. The number of para-hydroxylation sites is 1. The molecule has 0 radical (unpaired) electrons. The van der Waals surface area contributed by atoms with Crippen LogP contribution < -0.4 is 5.32 Å². The Morgan fingerprint density at radius 1 is 1.11 bits per heavy atom. The molecule has 0 spiro atoms. The summed E-state index contributed by atoms with van der Waals surface area (Å²) < 4.78 is 1.92. The molecule has 0 bridgehead atoms. The van der Waals surface area contributed by atoms with Crippen LogP contribution in [-0.4, -0.2) is 45.2 Å². The number of hydrogen-bond donors (Lipinski definition) is 1. The molecular formula is C22H25N5O. The number of nitrogens with one attached hydrogen (secondary N) is 1. The minimum Gasteiger partial charge on any atom is -0.343 e. The van der Waals surface area contributed by atoms with Gasteiger partial charge in [0.15, 0.2) is 0 Å². The van der Waals surface area contributed by atoms with E-state index < -0.39 is 0 Å². The van der Waals surface area contributed by atoms with Crippen molar-refractivity contribution in [3.63, 3.8) is 0 Å². The van der Waals surface area contributed by atoms with Gasteiger partial charge in [0.25, 0.3) is 0 Å². The Morgan fingerprint density at radius 3 is 2.75 bits per heavy atom. The molecular weight excluding hydrogens is 350 g/mol. The van der Waals surface area contributed by atoms with Crippen LogP contribution in [0.25, 0.3) is 16.9 Å². The molecule has 28 heavy (non-hydrogen) atoms. The number of amides is 1. The van der Waals surface area contributed by atoms with Gasteiger partial charge in [-0.15, -0.1) is 0 Å². The fourth-order valence-electron chi connectivity index (χ4n) is 3.56. The van der Waals surface area contributed by atoms with Crippen LogP contribution in [0, 0.1) is 0 Å². The van der Waals surface area contributed by atoms with E-state index in [1.165, 1.54) is 0 Å². The highest BCUT2D eigenvalue weighted by atomic mass is 16.2. The van der Waals surface area contributed by atoms with Gasteiger partial charge in [0.2, 0.25) is 5.91 Å². The first-order valence-electron chi connectivity index (χ1n) is 9.84. The van der Waals surface area contributed by atoms with Crippen molar-refractivity contribution in [3.8, 4) is 16.9 Å². The smallest absolute Gasteiger partial charge is 0.222 e. The number of hydrogen-bond acceptors (Lipinski definition) is 4. The third-order valence-corrected chi connectivity index (χ3v) is 5.01. The van der Waals surface area contributed by atoms with Crippen molar-refractivity contribution >= 4 is 5.91 Å². The first-order valence-corrected chi connectivity index (χ1v) is 9.84. The molecule has 1 amide bonds. The van der Waals surface area contributed by atoms with Gasteiger partial charge in [-0.3, -0.25) is 9.78 Å². The quantitative estimate of drug-likeness (QED) is 0.615. The maximum Gasteiger partial charge on any atom is 0.222 e. The van der Waals surface area contributed by atoms with Crippen molar-refractivity contribution in [2.75, 3.05) is 19.6 Å². The number of pyridine rings is 1. The van der Waals surface area contributed by atoms with Gasteiger partial charge < -0.3 is 10.2 Å². The summed E-state index contributed by atoms with van der Waals surface area (Å²) in [6.45, 7) is 3.34. The summed E-state index contributed by atoms with van der Waals surface area (Å²) in [5.41, 5.74) is 4.12. The molecule has 0 unspecified atom stereocenters. The zero-order valence-electron chi connectivity index (χ0n) is 15.9. The average molecular weight is 375 g/mol. The van der Waals surface area contributed by atoms with Gasteiger partial charge in [-0.1, -0.05) is 18.2 Å². The highest BCUT2D eigenvalue weighted by molar-refractivity contribution is 5.78. The van der Waals surface area contributed by atoms with Crippen LogP contribution in [0.15, 0.2) is 61.1 Å². The van der Waals surface area contributed by atoms with E-state index >= 15 is 0 Å². The Bertz CT molecular complexity index is 907. The highest BCUT2D eigenvalue weighted by Crippen LogP contribution is 2.23. The Balaban J connectivity index is 1.43. The largest absolute Gasteiger partial charge is 0.343 e. The van der Waals surface area contributed by atoms with Crippen LogP contribution in [0.2, 0.25) is 0 Å². The van der Waals surface area contributed by atoms with Gasteiger partial charge in [-0.2, -0.15) is 5.10 Å². The maximum atomic E-state index is 11.7. The molecule has 6 heteroatoms. The summed E-state index contributed by atoms with van der Waals surface area (Å²) in [7, 11) is 0. The summed E-state index contributed by atoms with van der Waals surface area (Å²) in [6, 6.07) is 14.1. The van der Waals surface area contributed by atoms with Gasteiger partial charge in [-0.05, 0) is 43.7 Å². The van der Waals surface area contributed by atoms with Gasteiger partial charge in [0.05, 0.1) is 11.4 Å². The van der Waals surface area contributed by atoms with Crippen LogP contribution in [0.5, 0.6) is 0 Å². The molecule has 2 aromatic heterocycles. The summed E-state index contributed by atoms with van der Waals surface area (Å²) in [5.74, 6) is 0.294. The van der Waals surface area contributed by atoms with Crippen LogP contribution in [0.3, 0.4) is 0 Å². The van der Waals surface area contributed by atoms with Crippen molar-refractivity contribution < 1.29 is 4.79 Å². The minimum absolute atomic E-state index is 0.294. The Kier molecular flexibility index (Phi) is 5.77. The van der Waals surface area contributed by atoms with E-state index in [1.807, 2.05) is 58.2 Å². The van der Waals surface area contributed by atoms with E-state index in [0.29, 0.717) is 12.3 Å². The lowest BCUT2D eigenvalue weighted by molar-refractivity contribution is -0.127. The summed E-state index contributed by atoms with van der Waals surface area (Å²) >= 11 is 0. The van der Waals surface area contributed by atoms with Crippen molar-refractivity contribution in [1.82, 2.24) is 25.0 Å². The standard InChI is InChI=1S/C22H25N5O/c28-21-10-5-13-26(21)14-6-12-24-16-19-17-27(20-8-2-1-3-9-20)25-22(19)18-7-4-11-23-15-18/h1-4,7-9,11,15,17,24H,5-6,10,12-14,16H2. The predicted molar refractivity (Wildman–Crippen MR) is 109 cm³/mol. The zero-order chi connectivity index (χ0) is 19.2. The molecule has 1 aliphatic heterocycles. The Morgan fingerprint density at radius 2 is 2.00 bits per heavy atom. The Hall–Kier alpha value is -2.99. The fourth-order valence-corrected chi connectivity index (χ4v) is 3.56. The molecule has 3 heterocycles. The third kappa shape index (κ3) is 4.28. The monoisotopic (exact) mass is 375 g/mol. The number of aromatic nitrogens is 3. The van der Waals surface area contributed by atoms with E-state index in [1.54, 1.807) is 6.20 Å². The highest BCUT2D eigenvalue weighted by Gasteiger charge is 2.19. The second-order valence-electron chi connectivity index (χ2n) is 7.04. The van der Waals surface area contributed by atoms with Gasteiger partial charge in [0.1, 0.15) is 0 Å². The lowest BCUT2D eigenvalue weighted by Crippen LogP contribution is -2.28. The lowest BCUT2D eigenvalue weighted by Gasteiger charge is -2.15. The number of carbonyl (C=O) groups is 1. The Labute approximate surface area is 165 Å². The van der Waals surface area contributed by atoms with E-state index in [9.17, 15) is 4.79 Å². The second-order valence-corrected chi connectivity index (χ2v) is 7.04. The minimum atomic E-state index is 0.294. The summed E-state index contributed by atoms with van der Waals surface area (Å²) in [5, 5.41) is 8.31. The van der Waals surface area contributed by atoms with Crippen molar-refractivity contribution in [1.29, 1.82) is 0 Å². The first-order chi connectivity index (χ1) is 13.8. The molecule has 1 fully saturated rings. The lowest BCUT2D eigenvalue weighted by atomic mass is 10.1. The van der Waals surface area contributed by atoms with Gasteiger partial charge >= 0.3 is 0 Å².